The second-order valence-electron chi connectivity index (χ2n) is 5.88. The van der Waals surface area contributed by atoms with Crippen LogP contribution in [0.2, 0.25) is 0 Å². The molecule has 27 heavy (non-hydrogen) atoms. The topological polar surface area (TPSA) is 111 Å². The molecule has 8 heteroatoms. The zero-order chi connectivity index (χ0) is 19.1. The number of nitrogens with zero attached hydrogens (tertiary/aromatic N) is 1. The molecule has 2 aromatic carbocycles. The first-order chi connectivity index (χ1) is 13.0. The molecule has 0 amide bonds. The molecule has 2 N–H and O–H groups in total. The number of carbonyl (C=O) groups is 1. The van der Waals surface area contributed by atoms with Crippen molar-refractivity contribution in [1.29, 1.82) is 0 Å². The van der Waals surface area contributed by atoms with Gasteiger partial charge in [-0.2, -0.15) is 0 Å². The van der Waals surface area contributed by atoms with Crippen LogP contribution in [0.5, 0.6) is 11.6 Å². The van der Waals surface area contributed by atoms with Gasteiger partial charge in [0.15, 0.2) is 6.10 Å². The Morgan fingerprint density at radius 1 is 1.07 bits per heavy atom. The normalized spacial score (nSPS) is 15.3. The van der Waals surface area contributed by atoms with Crippen molar-refractivity contribution in [2.75, 3.05) is 7.11 Å². The molecule has 0 saturated heterocycles. The standard InChI is InChI=1S/C19H14N2O6/c1-26-13-9-5-4-8-12(13)21-17(23)14(16(22)20-19(21)25)15-10-6-2-3-7-11(10)18(24)27-15/h2-9,15,23H,1H3,(H,20,22,25)/t15-/m0/s1. The highest BCUT2D eigenvalue weighted by molar-refractivity contribution is 5.94. The Kier molecular flexibility index (Phi) is 3.80. The van der Waals surface area contributed by atoms with Gasteiger partial charge in [0, 0.05) is 5.56 Å². The lowest BCUT2D eigenvalue weighted by molar-refractivity contribution is 0.0449. The van der Waals surface area contributed by atoms with E-state index in [2.05, 4.69) is 4.98 Å². The Morgan fingerprint density at radius 2 is 1.78 bits per heavy atom. The van der Waals surface area contributed by atoms with Gasteiger partial charge in [-0.1, -0.05) is 30.3 Å². The number of methoxy groups -OCH3 is 1. The first kappa shape index (κ1) is 16.6. The lowest BCUT2D eigenvalue weighted by Gasteiger charge is -2.17. The maximum Gasteiger partial charge on any atom is 0.339 e. The van der Waals surface area contributed by atoms with Gasteiger partial charge < -0.3 is 14.6 Å². The molecule has 136 valence electrons. The van der Waals surface area contributed by atoms with Crippen molar-refractivity contribution in [3.05, 3.63) is 86.1 Å². The van der Waals surface area contributed by atoms with E-state index >= 15 is 0 Å². The van der Waals surface area contributed by atoms with Crippen molar-refractivity contribution in [3.8, 4) is 17.3 Å². The molecule has 0 bridgehead atoms. The fourth-order valence-electron chi connectivity index (χ4n) is 3.17. The quantitative estimate of drug-likeness (QED) is 0.680. The van der Waals surface area contributed by atoms with E-state index in [4.69, 9.17) is 9.47 Å². The van der Waals surface area contributed by atoms with Gasteiger partial charge in [-0.25, -0.2) is 14.2 Å². The number of aromatic amines is 1. The summed E-state index contributed by atoms with van der Waals surface area (Å²) >= 11 is 0. The van der Waals surface area contributed by atoms with Crippen LogP contribution in [0.4, 0.5) is 0 Å². The number of fused-ring (bicyclic) bond motifs is 1. The van der Waals surface area contributed by atoms with Crippen molar-refractivity contribution < 1.29 is 19.4 Å². The average Bonchev–Trinajstić information content (AvgIpc) is 2.99. The van der Waals surface area contributed by atoms with Crippen LogP contribution in [-0.4, -0.2) is 27.7 Å². The third-order valence-electron chi connectivity index (χ3n) is 4.40. The van der Waals surface area contributed by atoms with Crippen molar-refractivity contribution in [2.24, 2.45) is 0 Å². The molecule has 0 unspecified atom stereocenters. The smallest absolute Gasteiger partial charge is 0.339 e. The summed E-state index contributed by atoms with van der Waals surface area (Å²) in [5.74, 6) is -0.913. The molecule has 0 radical (unpaired) electrons. The van der Waals surface area contributed by atoms with Gasteiger partial charge in [0.05, 0.1) is 18.4 Å². The summed E-state index contributed by atoms with van der Waals surface area (Å²) in [4.78, 5) is 39.1. The molecule has 0 saturated carbocycles. The van der Waals surface area contributed by atoms with E-state index in [0.29, 0.717) is 16.9 Å². The number of aromatic nitrogens is 2. The van der Waals surface area contributed by atoms with Crippen molar-refractivity contribution in [3.63, 3.8) is 0 Å². The van der Waals surface area contributed by atoms with Crippen molar-refractivity contribution in [2.45, 2.75) is 6.10 Å². The molecule has 1 atom stereocenters. The number of nitrogens with one attached hydrogen (secondary N) is 1. The van der Waals surface area contributed by atoms with Crippen LogP contribution in [0.15, 0.2) is 58.1 Å². The minimum atomic E-state index is -1.13. The molecule has 0 spiro atoms. The molecule has 1 aliphatic heterocycles. The number of carbonyl (C=O) groups excluding carboxylic acids is 1. The van der Waals surface area contributed by atoms with E-state index in [1.54, 1.807) is 48.5 Å². The monoisotopic (exact) mass is 366 g/mol. The number of cyclic esters (lactones) is 1. The fourth-order valence-corrected chi connectivity index (χ4v) is 3.17. The number of rotatable bonds is 3. The molecule has 3 aromatic rings. The summed E-state index contributed by atoms with van der Waals surface area (Å²) in [5.41, 5.74) is -0.942. The third-order valence-corrected chi connectivity index (χ3v) is 4.40. The summed E-state index contributed by atoms with van der Waals surface area (Å²) in [6.45, 7) is 0. The van der Waals surface area contributed by atoms with Crippen molar-refractivity contribution in [1.82, 2.24) is 9.55 Å². The van der Waals surface area contributed by atoms with Gasteiger partial charge in [0.1, 0.15) is 11.3 Å². The average molecular weight is 366 g/mol. The van der Waals surface area contributed by atoms with Crippen LogP contribution in [0.25, 0.3) is 5.69 Å². The van der Waals surface area contributed by atoms with Crippen LogP contribution >= 0.6 is 0 Å². The molecule has 8 nitrogen and oxygen atoms in total. The van der Waals surface area contributed by atoms with Gasteiger partial charge in [0.25, 0.3) is 5.56 Å². The number of para-hydroxylation sites is 2. The lowest BCUT2D eigenvalue weighted by atomic mass is 10.0. The second kappa shape index (κ2) is 6.17. The van der Waals surface area contributed by atoms with Crippen LogP contribution in [-0.2, 0) is 4.74 Å². The number of esters is 1. The Balaban J connectivity index is 1.99. The number of H-pyrrole nitrogens is 1. The van der Waals surface area contributed by atoms with E-state index in [-0.39, 0.29) is 11.3 Å². The first-order valence-electron chi connectivity index (χ1n) is 8.04. The summed E-state index contributed by atoms with van der Waals surface area (Å²) in [6, 6.07) is 13.1. The Hall–Kier alpha value is -3.81. The van der Waals surface area contributed by atoms with Gasteiger partial charge in [-0.15, -0.1) is 0 Å². The van der Waals surface area contributed by atoms with E-state index in [1.165, 1.54) is 7.11 Å². The van der Waals surface area contributed by atoms with E-state index < -0.39 is 29.2 Å². The fraction of sp³-hybridized carbons (Fsp3) is 0.105. The van der Waals surface area contributed by atoms with Crippen LogP contribution < -0.4 is 16.0 Å². The maximum absolute atomic E-state index is 12.5. The molecule has 4 rings (SSSR count). The molecular formula is C19H14N2O6. The second-order valence-corrected chi connectivity index (χ2v) is 5.88. The van der Waals surface area contributed by atoms with Gasteiger partial charge in [0.2, 0.25) is 5.88 Å². The Morgan fingerprint density at radius 3 is 2.56 bits per heavy atom. The largest absolute Gasteiger partial charge is 0.495 e. The number of aromatic hydroxyl groups is 1. The van der Waals surface area contributed by atoms with E-state index in [9.17, 15) is 19.5 Å². The van der Waals surface area contributed by atoms with Crippen LogP contribution in [0.3, 0.4) is 0 Å². The van der Waals surface area contributed by atoms with Gasteiger partial charge >= 0.3 is 11.7 Å². The van der Waals surface area contributed by atoms with Gasteiger partial charge in [-0.3, -0.25) is 9.78 Å². The number of benzene rings is 2. The van der Waals surface area contributed by atoms with Gasteiger partial charge in [-0.05, 0) is 18.2 Å². The molecular weight excluding hydrogens is 352 g/mol. The highest BCUT2D eigenvalue weighted by Gasteiger charge is 2.36. The first-order valence-corrected chi connectivity index (χ1v) is 8.04. The molecule has 2 heterocycles. The minimum Gasteiger partial charge on any atom is -0.495 e. The van der Waals surface area contributed by atoms with E-state index in [0.717, 1.165) is 4.57 Å². The summed E-state index contributed by atoms with van der Waals surface area (Å²) in [5, 5.41) is 10.8. The van der Waals surface area contributed by atoms with Crippen LogP contribution in [0, 0.1) is 0 Å². The highest BCUT2D eigenvalue weighted by Crippen LogP contribution is 2.38. The predicted molar refractivity (Wildman–Crippen MR) is 94.6 cm³/mol. The Labute approximate surface area is 152 Å². The van der Waals surface area contributed by atoms with Crippen molar-refractivity contribution >= 4 is 5.97 Å². The Bertz CT molecular complexity index is 1180. The molecule has 1 aliphatic rings. The molecule has 1 aromatic heterocycles. The number of ether oxygens (including phenoxy) is 2. The zero-order valence-corrected chi connectivity index (χ0v) is 14.1. The summed E-state index contributed by atoms with van der Waals surface area (Å²) in [6.07, 6.45) is -1.13. The summed E-state index contributed by atoms with van der Waals surface area (Å²) in [7, 11) is 1.42. The summed E-state index contributed by atoms with van der Waals surface area (Å²) < 4.78 is 11.4. The maximum atomic E-state index is 12.5. The SMILES string of the molecule is COc1ccccc1-n1c(O)c([C@H]2OC(=O)c3ccccc32)c(=O)[nH]c1=O. The van der Waals surface area contributed by atoms with E-state index in [1.807, 2.05) is 0 Å². The number of hydrogen-bond donors (Lipinski definition) is 2. The van der Waals surface area contributed by atoms with Crippen LogP contribution in [0.1, 0.15) is 27.6 Å². The predicted octanol–water partition coefficient (Wildman–Crippen LogP) is 1.50. The zero-order valence-electron chi connectivity index (χ0n) is 14.1. The minimum absolute atomic E-state index is 0.234. The number of hydrogen-bond acceptors (Lipinski definition) is 6. The molecule has 0 fully saturated rings. The highest BCUT2D eigenvalue weighted by atomic mass is 16.5. The third kappa shape index (κ3) is 2.50. The lowest BCUT2D eigenvalue weighted by Crippen LogP contribution is -2.33. The molecule has 0 aliphatic carbocycles.